The van der Waals surface area contributed by atoms with E-state index in [4.69, 9.17) is 0 Å². The Morgan fingerprint density at radius 3 is 0.702 bits per heavy atom. The van der Waals surface area contributed by atoms with Gasteiger partial charge in [0.1, 0.15) is 0 Å². The summed E-state index contributed by atoms with van der Waals surface area (Å²) < 4.78 is 0. The lowest BCUT2D eigenvalue weighted by Crippen LogP contribution is -2.28. The molecule has 4 aliphatic carbocycles. The molecule has 2 heteroatoms. The van der Waals surface area contributed by atoms with Crippen LogP contribution in [-0.4, -0.2) is 22.4 Å². The molecule has 0 fully saturated rings. The highest BCUT2D eigenvalue weighted by molar-refractivity contribution is 5.42. The predicted octanol–water partition coefficient (Wildman–Crippen LogP) is 23.6. The molecular formula is C82H116O2. The summed E-state index contributed by atoms with van der Waals surface area (Å²) in [6.07, 6.45) is 68.4. The number of rotatable bonds is 20. The summed E-state index contributed by atoms with van der Waals surface area (Å²) in [6.45, 7) is 49.1. The number of aliphatic hydroxyl groups excluding tert-OH is 2. The molecule has 0 saturated carbocycles. The van der Waals surface area contributed by atoms with Gasteiger partial charge in [0, 0.05) is 0 Å². The van der Waals surface area contributed by atoms with Crippen molar-refractivity contribution in [2.45, 2.75) is 216 Å². The largest absolute Gasteiger partial charge is 0.393 e. The minimum absolute atomic E-state index is 0.0119. The minimum atomic E-state index is -0.221. The monoisotopic (exact) mass is 1130 g/mol. The highest BCUT2D eigenvalue weighted by Crippen LogP contribution is 2.46. The van der Waals surface area contributed by atoms with Gasteiger partial charge >= 0.3 is 0 Å². The van der Waals surface area contributed by atoms with E-state index in [1.54, 1.807) is 0 Å². The van der Waals surface area contributed by atoms with Crippen LogP contribution in [0.1, 0.15) is 204 Å². The zero-order chi connectivity index (χ0) is 63.0. The van der Waals surface area contributed by atoms with Crippen LogP contribution in [0.3, 0.4) is 0 Å². The van der Waals surface area contributed by atoms with E-state index in [1.807, 2.05) is 0 Å². The summed E-state index contributed by atoms with van der Waals surface area (Å²) in [4.78, 5) is 0. The average molecular weight is 1130 g/mol. The van der Waals surface area contributed by atoms with Gasteiger partial charge in [-0.15, -0.1) is 0 Å². The molecule has 84 heavy (non-hydrogen) atoms. The number of hydrogen-bond donors (Lipinski definition) is 2. The van der Waals surface area contributed by atoms with Crippen LogP contribution in [0.4, 0.5) is 0 Å². The molecule has 0 unspecified atom stereocenters. The second-order valence-electron chi connectivity index (χ2n) is 28.3. The Morgan fingerprint density at radius 1 is 0.298 bits per heavy atom. The molecular weight excluding hydrogens is 1020 g/mol. The zero-order valence-corrected chi connectivity index (χ0v) is 57.0. The molecule has 2 nitrogen and oxygen atoms in total. The molecule has 0 aromatic rings. The van der Waals surface area contributed by atoms with Gasteiger partial charge in [0.2, 0.25) is 0 Å². The Kier molecular flexibility index (Phi) is 29.6. The van der Waals surface area contributed by atoms with E-state index in [0.717, 1.165) is 37.5 Å². The maximum atomic E-state index is 10.1. The van der Waals surface area contributed by atoms with Gasteiger partial charge in [0.15, 0.2) is 0 Å². The molecule has 456 valence electrons. The van der Waals surface area contributed by atoms with Crippen molar-refractivity contribution in [2.24, 2.45) is 33.5 Å². The fraction of sp³-hybridized carbons (Fsp3) is 0.463. The number of allylic oxidation sites excluding steroid dienone is 42. The lowest BCUT2D eigenvalue weighted by molar-refractivity contribution is 0.116. The van der Waals surface area contributed by atoms with Gasteiger partial charge < -0.3 is 10.2 Å². The number of hydrogen-bond acceptors (Lipinski definition) is 2. The van der Waals surface area contributed by atoms with E-state index < -0.39 is 0 Å². The van der Waals surface area contributed by atoms with Crippen LogP contribution < -0.4 is 0 Å². The SMILES string of the molecule is CC1=C(/C=C/C(C)=C/C=C/C(C)=C/C=C/C=C(C)/C=C/C=C(C)/C=C/C2=C(C)C[C@@H](O)CC2(C)C)C(C)(C)C[C@@H](C)C1.CC1=C(/C=C/C(C)=C/C=C/C(C)=C/C=C/C=C(C)/C=C/C=C(C)/C=C/C2=C(C)C[C@@H](O)CC2(C)C)C(C)(C)C[C@H](C)C1. The third-order valence-electron chi connectivity index (χ3n) is 16.9. The predicted molar refractivity (Wildman–Crippen MR) is 375 cm³/mol. The number of aliphatic hydroxyl groups is 2. The van der Waals surface area contributed by atoms with Crippen molar-refractivity contribution in [3.8, 4) is 0 Å². The van der Waals surface area contributed by atoms with Gasteiger partial charge in [-0.1, -0.05) is 306 Å². The van der Waals surface area contributed by atoms with Gasteiger partial charge in [-0.05, 0) is 190 Å². The van der Waals surface area contributed by atoms with Crippen molar-refractivity contribution >= 4 is 0 Å². The van der Waals surface area contributed by atoms with E-state index in [2.05, 4.69) is 322 Å². The first-order chi connectivity index (χ1) is 39.2. The molecule has 2 N–H and O–H groups in total. The van der Waals surface area contributed by atoms with Crippen LogP contribution in [0.15, 0.2) is 259 Å². The Bertz CT molecular complexity index is 2570. The van der Waals surface area contributed by atoms with Crippen LogP contribution in [0, 0.1) is 33.5 Å². The summed E-state index contributed by atoms with van der Waals surface area (Å²) >= 11 is 0. The Balaban J connectivity index is 0.000000440. The molecule has 0 heterocycles. The second-order valence-corrected chi connectivity index (χ2v) is 28.3. The van der Waals surface area contributed by atoms with Gasteiger partial charge in [0.05, 0.1) is 12.2 Å². The van der Waals surface area contributed by atoms with E-state index in [-0.39, 0.29) is 33.9 Å². The first-order valence-corrected chi connectivity index (χ1v) is 31.5. The molecule has 4 aliphatic rings. The summed E-state index contributed by atoms with van der Waals surface area (Å²) in [5.74, 6) is 1.55. The fourth-order valence-electron chi connectivity index (χ4n) is 13.2. The third kappa shape index (κ3) is 26.2. The summed E-state index contributed by atoms with van der Waals surface area (Å²) in [5.41, 5.74) is 21.7. The summed E-state index contributed by atoms with van der Waals surface area (Å²) in [7, 11) is 0. The van der Waals surface area contributed by atoms with E-state index in [0.29, 0.717) is 0 Å². The zero-order valence-electron chi connectivity index (χ0n) is 57.0. The van der Waals surface area contributed by atoms with Gasteiger partial charge in [-0.2, -0.15) is 0 Å². The molecule has 0 bridgehead atoms. The molecule has 0 aliphatic heterocycles. The van der Waals surface area contributed by atoms with Crippen molar-refractivity contribution in [1.82, 2.24) is 0 Å². The van der Waals surface area contributed by atoms with Gasteiger partial charge in [0.25, 0.3) is 0 Å². The quantitative estimate of drug-likeness (QED) is 0.119. The topological polar surface area (TPSA) is 40.5 Å². The highest BCUT2D eigenvalue weighted by Gasteiger charge is 2.34. The van der Waals surface area contributed by atoms with E-state index in [9.17, 15) is 10.2 Å². The fourth-order valence-corrected chi connectivity index (χ4v) is 13.2. The van der Waals surface area contributed by atoms with Gasteiger partial charge in [-0.25, -0.2) is 0 Å². The minimum Gasteiger partial charge on any atom is -0.393 e. The van der Waals surface area contributed by atoms with E-state index >= 15 is 0 Å². The summed E-state index contributed by atoms with van der Waals surface area (Å²) in [5, 5.41) is 20.2. The first-order valence-electron chi connectivity index (χ1n) is 31.5. The van der Waals surface area contributed by atoms with Crippen molar-refractivity contribution in [2.75, 3.05) is 0 Å². The molecule has 0 amide bonds. The van der Waals surface area contributed by atoms with Crippen molar-refractivity contribution in [3.05, 3.63) is 259 Å². The summed E-state index contributed by atoms with van der Waals surface area (Å²) in [6, 6.07) is 0. The molecule has 0 saturated heterocycles. The van der Waals surface area contributed by atoms with E-state index in [1.165, 1.54) is 115 Å². The van der Waals surface area contributed by atoms with Crippen LogP contribution in [-0.2, 0) is 0 Å². The maximum absolute atomic E-state index is 10.1. The van der Waals surface area contributed by atoms with Crippen LogP contribution >= 0.6 is 0 Å². The molecule has 0 spiro atoms. The first kappa shape index (κ1) is 72.5. The molecule has 4 atom stereocenters. The lowest BCUT2D eigenvalue weighted by atomic mass is 9.69. The van der Waals surface area contributed by atoms with Crippen molar-refractivity contribution in [1.29, 1.82) is 0 Å². The standard InChI is InChI=1S/2C41H58O/c2*1-30(18-14-20-32(3)22-24-38-35(6)26-34(5)28-40(38,8)9)16-12-13-17-31(2)19-15-21-33(4)23-25-39-36(7)27-37(42)29-41(39,10)11/h2*12-25,34,37,42H,26-29H2,1-11H3/b2*13-12+,18-14+,19-15+,24-22+,25-23+,30-16+,31-17+,32-20+,33-21+/t34-,37+;34-,37-/m01/s1. The Labute approximate surface area is 516 Å². The maximum Gasteiger partial charge on any atom is 0.0585 e. The van der Waals surface area contributed by atoms with Crippen molar-refractivity contribution < 1.29 is 10.2 Å². The van der Waals surface area contributed by atoms with Gasteiger partial charge in [-0.3, -0.25) is 0 Å². The lowest BCUT2D eigenvalue weighted by Gasteiger charge is -2.36. The molecule has 0 radical (unpaired) electrons. The smallest absolute Gasteiger partial charge is 0.0585 e. The Hall–Kier alpha value is -5.80. The van der Waals surface area contributed by atoms with Crippen LogP contribution in [0.25, 0.3) is 0 Å². The Morgan fingerprint density at radius 2 is 0.488 bits per heavy atom. The highest BCUT2D eigenvalue weighted by atomic mass is 16.3. The molecule has 0 aromatic carbocycles. The molecule has 4 rings (SSSR count). The van der Waals surface area contributed by atoms with Crippen LogP contribution in [0.2, 0.25) is 0 Å². The second kappa shape index (κ2) is 34.4. The molecule has 0 aromatic heterocycles. The van der Waals surface area contributed by atoms with Crippen molar-refractivity contribution in [3.63, 3.8) is 0 Å². The van der Waals surface area contributed by atoms with Crippen LogP contribution in [0.5, 0.6) is 0 Å². The normalized spacial score (nSPS) is 25.0. The average Bonchev–Trinajstić information content (AvgIpc) is 3.38. The third-order valence-corrected chi connectivity index (χ3v) is 16.9.